The number of rotatable bonds is 3. The Balaban J connectivity index is 1.53. The summed E-state index contributed by atoms with van der Waals surface area (Å²) in [6.45, 7) is 5.46. The zero-order valence-corrected chi connectivity index (χ0v) is 17.1. The smallest absolute Gasteiger partial charge is 0.251 e. The fraction of sp³-hybridized carbons (Fsp3) is 0.591. The van der Waals surface area contributed by atoms with Crippen LogP contribution in [0.15, 0.2) is 24.3 Å². The van der Waals surface area contributed by atoms with Crippen LogP contribution in [0, 0.1) is 11.8 Å². The second-order valence-electron chi connectivity index (χ2n) is 8.02. The minimum atomic E-state index is -1.04. The summed E-state index contributed by atoms with van der Waals surface area (Å²) in [5.41, 5.74) is 0.336. The Labute approximate surface area is 167 Å². The summed E-state index contributed by atoms with van der Waals surface area (Å²) in [6.07, 6.45) is 4.65. The molecule has 0 saturated carbocycles. The number of carbonyl (C=O) groups excluding carboxylic acids is 1. The summed E-state index contributed by atoms with van der Waals surface area (Å²) in [7, 11) is 0. The Morgan fingerprint density at radius 2 is 1.93 bits per heavy atom. The Morgan fingerprint density at radius 1 is 1.22 bits per heavy atom. The normalized spacial score (nSPS) is 20.0. The molecular weight excluding hydrogens is 356 g/mol. The SMILES string of the molecule is CC(C)(O)C#Cc1cccc(C(=O)NC2CCN(C3CCSCC3)CC2)c1. The third kappa shape index (κ3) is 6.27. The third-order valence-electron chi connectivity index (χ3n) is 5.21. The van der Waals surface area contributed by atoms with Crippen LogP contribution in [-0.4, -0.2) is 58.2 Å². The minimum absolute atomic E-state index is 0.0329. The van der Waals surface area contributed by atoms with E-state index in [-0.39, 0.29) is 11.9 Å². The number of nitrogens with zero attached hydrogens (tertiary/aromatic N) is 1. The zero-order chi connectivity index (χ0) is 19.3. The van der Waals surface area contributed by atoms with Gasteiger partial charge in [0.05, 0.1) is 0 Å². The molecule has 2 fully saturated rings. The molecule has 0 unspecified atom stereocenters. The van der Waals surface area contributed by atoms with Crippen molar-refractivity contribution in [1.82, 2.24) is 10.2 Å². The number of amides is 1. The van der Waals surface area contributed by atoms with Crippen molar-refractivity contribution in [2.45, 2.75) is 57.2 Å². The number of thioether (sulfide) groups is 1. The predicted octanol–water partition coefficient (Wildman–Crippen LogP) is 2.90. The van der Waals surface area contributed by atoms with Gasteiger partial charge in [-0.05, 0) is 69.2 Å². The highest BCUT2D eigenvalue weighted by molar-refractivity contribution is 7.99. The molecule has 27 heavy (non-hydrogen) atoms. The molecule has 2 N–H and O–H groups in total. The lowest BCUT2D eigenvalue weighted by Gasteiger charge is -2.39. The Bertz CT molecular complexity index is 703. The molecule has 5 heteroatoms. The van der Waals surface area contributed by atoms with Crippen molar-refractivity contribution in [3.8, 4) is 11.8 Å². The van der Waals surface area contributed by atoms with E-state index in [0.29, 0.717) is 5.56 Å². The van der Waals surface area contributed by atoms with E-state index in [1.165, 1.54) is 24.3 Å². The van der Waals surface area contributed by atoms with Gasteiger partial charge >= 0.3 is 0 Å². The van der Waals surface area contributed by atoms with Crippen LogP contribution in [0.2, 0.25) is 0 Å². The average Bonchev–Trinajstić information content (AvgIpc) is 2.67. The van der Waals surface area contributed by atoms with Gasteiger partial charge < -0.3 is 15.3 Å². The molecule has 4 nitrogen and oxygen atoms in total. The van der Waals surface area contributed by atoms with Gasteiger partial charge in [0.1, 0.15) is 5.60 Å². The summed E-state index contributed by atoms with van der Waals surface area (Å²) < 4.78 is 0. The Kier molecular flexibility index (Phi) is 6.86. The van der Waals surface area contributed by atoms with Gasteiger partial charge in [-0.3, -0.25) is 4.79 Å². The van der Waals surface area contributed by atoms with E-state index < -0.39 is 5.60 Å². The number of likely N-dealkylation sites (tertiary alicyclic amines) is 1. The number of hydrogen-bond acceptors (Lipinski definition) is 4. The van der Waals surface area contributed by atoms with Gasteiger partial charge in [-0.25, -0.2) is 0 Å². The van der Waals surface area contributed by atoms with Crippen LogP contribution in [0.25, 0.3) is 0 Å². The molecule has 2 saturated heterocycles. The van der Waals surface area contributed by atoms with Gasteiger partial charge in [-0.15, -0.1) is 0 Å². The second-order valence-corrected chi connectivity index (χ2v) is 9.24. The molecule has 0 radical (unpaired) electrons. The molecule has 2 aliphatic rings. The predicted molar refractivity (Wildman–Crippen MR) is 112 cm³/mol. The molecule has 1 amide bonds. The first-order valence-corrected chi connectivity index (χ1v) is 11.0. The number of hydrogen-bond donors (Lipinski definition) is 2. The fourth-order valence-corrected chi connectivity index (χ4v) is 4.77. The molecule has 1 aromatic carbocycles. The summed E-state index contributed by atoms with van der Waals surface area (Å²) in [6, 6.07) is 8.30. The quantitative estimate of drug-likeness (QED) is 0.785. The highest BCUT2D eigenvalue weighted by Crippen LogP contribution is 2.24. The Morgan fingerprint density at radius 3 is 2.59 bits per heavy atom. The zero-order valence-electron chi connectivity index (χ0n) is 16.3. The minimum Gasteiger partial charge on any atom is -0.378 e. The molecule has 3 rings (SSSR count). The maximum absolute atomic E-state index is 12.6. The standard InChI is InChI=1S/C22H30N2O2S/c1-22(2,26)11-6-17-4-3-5-18(16-17)21(25)23-19-7-12-24(13-8-19)20-9-14-27-15-10-20/h3-5,16,19-20,26H,7-10,12-15H2,1-2H3,(H,23,25). The molecule has 0 atom stereocenters. The van der Waals surface area contributed by atoms with Crippen LogP contribution in [0.1, 0.15) is 55.5 Å². The van der Waals surface area contributed by atoms with Crippen LogP contribution in [-0.2, 0) is 0 Å². The summed E-state index contributed by atoms with van der Waals surface area (Å²) in [5, 5.41) is 12.9. The van der Waals surface area contributed by atoms with E-state index in [2.05, 4.69) is 33.8 Å². The van der Waals surface area contributed by atoms with Crippen LogP contribution in [0.3, 0.4) is 0 Å². The molecule has 0 bridgehead atoms. The monoisotopic (exact) mass is 386 g/mol. The van der Waals surface area contributed by atoms with Crippen molar-refractivity contribution in [2.75, 3.05) is 24.6 Å². The number of piperidine rings is 1. The molecule has 146 valence electrons. The van der Waals surface area contributed by atoms with Gasteiger partial charge in [0.15, 0.2) is 0 Å². The average molecular weight is 387 g/mol. The van der Waals surface area contributed by atoms with Crippen molar-refractivity contribution < 1.29 is 9.90 Å². The van der Waals surface area contributed by atoms with E-state index in [1.54, 1.807) is 19.9 Å². The first-order valence-electron chi connectivity index (χ1n) is 9.89. The van der Waals surface area contributed by atoms with Gasteiger partial charge in [-0.1, -0.05) is 17.9 Å². The highest BCUT2D eigenvalue weighted by Gasteiger charge is 2.27. The van der Waals surface area contributed by atoms with Crippen molar-refractivity contribution >= 4 is 17.7 Å². The summed E-state index contributed by atoms with van der Waals surface area (Å²) in [4.78, 5) is 15.2. The van der Waals surface area contributed by atoms with Crippen LogP contribution >= 0.6 is 11.8 Å². The number of nitrogens with one attached hydrogen (secondary N) is 1. The topological polar surface area (TPSA) is 52.6 Å². The maximum Gasteiger partial charge on any atom is 0.251 e. The molecule has 2 aliphatic heterocycles. The highest BCUT2D eigenvalue weighted by atomic mass is 32.2. The lowest BCUT2D eigenvalue weighted by atomic mass is 10.00. The van der Waals surface area contributed by atoms with Crippen molar-refractivity contribution in [2.24, 2.45) is 0 Å². The molecular formula is C22H30N2O2S. The Hall–Kier alpha value is -1.48. The lowest BCUT2D eigenvalue weighted by Crippen LogP contribution is -2.48. The first-order chi connectivity index (χ1) is 12.9. The lowest BCUT2D eigenvalue weighted by molar-refractivity contribution is 0.0886. The molecule has 0 spiro atoms. The third-order valence-corrected chi connectivity index (χ3v) is 6.26. The number of benzene rings is 1. The number of aliphatic hydroxyl groups is 1. The fourth-order valence-electron chi connectivity index (χ4n) is 3.69. The molecule has 0 aliphatic carbocycles. The van der Waals surface area contributed by atoms with Crippen molar-refractivity contribution in [3.05, 3.63) is 35.4 Å². The van der Waals surface area contributed by atoms with Gasteiger partial charge in [0, 0.05) is 36.3 Å². The molecule has 0 aromatic heterocycles. The van der Waals surface area contributed by atoms with Gasteiger partial charge in [-0.2, -0.15) is 11.8 Å². The molecule has 2 heterocycles. The van der Waals surface area contributed by atoms with E-state index >= 15 is 0 Å². The van der Waals surface area contributed by atoms with Crippen LogP contribution in [0.4, 0.5) is 0 Å². The van der Waals surface area contributed by atoms with Crippen LogP contribution < -0.4 is 5.32 Å². The summed E-state index contributed by atoms with van der Waals surface area (Å²) >= 11 is 2.07. The van der Waals surface area contributed by atoms with Crippen LogP contribution in [0.5, 0.6) is 0 Å². The van der Waals surface area contributed by atoms with E-state index in [9.17, 15) is 9.90 Å². The maximum atomic E-state index is 12.6. The van der Waals surface area contributed by atoms with Gasteiger partial charge in [0.25, 0.3) is 5.91 Å². The largest absolute Gasteiger partial charge is 0.378 e. The van der Waals surface area contributed by atoms with Crippen molar-refractivity contribution in [1.29, 1.82) is 0 Å². The van der Waals surface area contributed by atoms with E-state index in [1.807, 2.05) is 18.2 Å². The first kappa shape index (κ1) is 20.3. The van der Waals surface area contributed by atoms with E-state index in [0.717, 1.165) is 37.5 Å². The number of carbonyl (C=O) groups is 1. The summed E-state index contributed by atoms with van der Waals surface area (Å²) in [5.74, 6) is 8.26. The second kappa shape index (κ2) is 9.14. The van der Waals surface area contributed by atoms with E-state index in [4.69, 9.17) is 0 Å². The van der Waals surface area contributed by atoms with Gasteiger partial charge in [0.2, 0.25) is 0 Å². The molecule has 1 aromatic rings. The van der Waals surface area contributed by atoms with Crippen molar-refractivity contribution in [3.63, 3.8) is 0 Å².